The number of hydrogen-bond donors (Lipinski definition) is 5. The molecule has 5 fully saturated rings. The normalized spacial score (nSPS) is 38.2. The van der Waals surface area contributed by atoms with E-state index in [-0.39, 0.29) is 58.2 Å². The van der Waals surface area contributed by atoms with Gasteiger partial charge in [0.25, 0.3) is 11.8 Å². The molecule has 0 bridgehead atoms. The summed E-state index contributed by atoms with van der Waals surface area (Å²) in [5, 5.41) is 26.4. The van der Waals surface area contributed by atoms with Gasteiger partial charge in [-0.2, -0.15) is 0 Å². The second-order valence-corrected chi connectivity index (χ2v) is 20.2. The number of carboxylic acid groups (broad SMARTS) is 1. The summed E-state index contributed by atoms with van der Waals surface area (Å²) < 4.78 is 0. The molecule has 13 atom stereocenters. The second-order valence-electron chi connectivity index (χ2n) is 19.7. The number of aliphatic hydroxyl groups is 1. The number of fused-ring (bicyclic) bond motifs is 7. The van der Waals surface area contributed by atoms with Gasteiger partial charge in [-0.25, -0.2) is 0 Å². The Labute approximate surface area is 342 Å². The summed E-state index contributed by atoms with van der Waals surface area (Å²) in [7, 11) is 0. The van der Waals surface area contributed by atoms with Gasteiger partial charge in [-0.1, -0.05) is 51.8 Å². The first-order valence-electron chi connectivity index (χ1n) is 21.8. The highest BCUT2D eigenvalue weighted by Crippen LogP contribution is 2.68. The fourth-order valence-electron chi connectivity index (χ4n) is 13.7. The number of allylic oxidation sites excluding steroid dienone is 2. The first kappa shape index (κ1) is 42.1. The minimum Gasteiger partial charge on any atom is -0.481 e. The van der Waals surface area contributed by atoms with E-state index < -0.39 is 30.1 Å². The maximum atomic E-state index is 13.9. The van der Waals surface area contributed by atoms with Crippen LogP contribution >= 0.6 is 11.6 Å². The van der Waals surface area contributed by atoms with Crippen molar-refractivity contribution in [2.24, 2.45) is 81.7 Å². The molecule has 6 aliphatic rings. The number of amides is 2. The first-order valence-corrected chi connectivity index (χ1v) is 22.1. The summed E-state index contributed by atoms with van der Waals surface area (Å²) in [4.78, 5) is 65.2. The van der Waals surface area contributed by atoms with Gasteiger partial charge in [0.15, 0.2) is 5.78 Å². The van der Waals surface area contributed by atoms with E-state index in [0.29, 0.717) is 72.1 Å². The maximum Gasteiger partial charge on any atom is 0.306 e. The van der Waals surface area contributed by atoms with E-state index in [0.717, 1.165) is 44.1 Å². The van der Waals surface area contributed by atoms with Gasteiger partial charge in [0.1, 0.15) is 5.78 Å². The predicted octanol–water partition coefficient (Wildman–Crippen LogP) is 6.97. The monoisotopic (exact) mass is 805 g/mol. The lowest BCUT2D eigenvalue weighted by Crippen LogP contribution is -2.63. The summed E-state index contributed by atoms with van der Waals surface area (Å²) in [5.41, 5.74) is 5.99. The number of carbonyl (C=O) groups is 5. The van der Waals surface area contributed by atoms with E-state index in [1.165, 1.54) is 30.5 Å². The van der Waals surface area contributed by atoms with Crippen LogP contribution < -0.4 is 16.4 Å². The Balaban J connectivity index is 1.02. The number of Topliss-reactive ketones (excluding diaryl/α,β-unsaturated/α-hetero) is 2. The summed E-state index contributed by atoms with van der Waals surface area (Å²) in [5.74, 6) is 1.29. The topological polar surface area (TPSA) is 176 Å². The molecule has 7 rings (SSSR count). The minimum absolute atomic E-state index is 0.0732. The molecule has 2 amide bonds. The number of aliphatic carboxylic acids is 1. The van der Waals surface area contributed by atoms with Crippen LogP contribution in [0.25, 0.3) is 0 Å². The van der Waals surface area contributed by atoms with Crippen LogP contribution in [-0.2, 0) is 19.2 Å². The third-order valence-corrected chi connectivity index (χ3v) is 17.1. The molecule has 0 radical (unpaired) electrons. The van der Waals surface area contributed by atoms with Crippen molar-refractivity contribution in [3.8, 4) is 0 Å². The Bertz CT molecular complexity index is 1810. The van der Waals surface area contributed by atoms with Crippen LogP contribution in [0.15, 0.2) is 35.4 Å². The molecular formula is C46H64ClN3O7. The molecule has 0 heterocycles. The van der Waals surface area contributed by atoms with Crippen LogP contribution in [0, 0.1) is 75.9 Å². The smallest absolute Gasteiger partial charge is 0.306 e. The Morgan fingerprint density at radius 1 is 0.947 bits per heavy atom. The number of ketones is 2. The quantitative estimate of drug-likeness (QED) is 0.141. The lowest BCUT2D eigenvalue weighted by Gasteiger charge is -2.63. The summed E-state index contributed by atoms with van der Waals surface area (Å²) in [6.07, 6.45) is 10.8. The summed E-state index contributed by atoms with van der Waals surface area (Å²) >= 11 is 5.96. The Morgan fingerprint density at radius 3 is 2.30 bits per heavy atom. The highest BCUT2D eigenvalue weighted by molar-refractivity contribution is 6.30. The molecule has 13 unspecified atom stereocenters. The molecule has 0 aliphatic heterocycles. The molecule has 0 aromatic heterocycles. The zero-order valence-electron chi connectivity index (χ0n) is 34.5. The lowest BCUT2D eigenvalue weighted by molar-refractivity contribution is -0.154. The van der Waals surface area contributed by atoms with Crippen molar-refractivity contribution in [3.63, 3.8) is 0 Å². The van der Waals surface area contributed by atoms with Crippen molar-refractivity contribution < 1.29 is 34.2 Å². The zero-order chi connectivity index (χ0) is 41.2. The van der Waals surface area contributed by atoms with Crippen LogP contribution in [0.2, 0.25) is 5.02 Å². The van der Waals surface area contributed by atoms with Crippen LogP contribution in [-0.4, -0.2) is 58.4 Å². The summed E-state index contributed by atoms with van der Waals surface area (Å²) in [6.45, 7) is 10.8. The maximum absolute atomic E-state index is 13.9. The number of nitrogens with two attached hydrogens (primary N) is 1. The van der Waals surface area contributed by atoms with Crippen LogP contribution in [0.3, 0.4) is 0 Å². The molecule has 1 aromatic rings. The molecule has 10 nitrogen and oxygen atoms in total. The van der Waals surface area contributed by atoms with Crippen molar-refractivity contribution in [1.29, 1.82) is 0 Å². The number of nitrogens with one attached hydrogen (secondary N) is 2. The van der Waals surface area contributed by atoms with Gasteiger partial charge in [0.05, 0.1) is 12.5 Å². The van der Waals surface area contributed by atoms with Crippen LogP contribution in [0.4, 0.5) is 0 Å². The number of hydrogen-bond acceptors (Lipinski definition) is 7. The van der Waals surface area contributed by atoms with E-state index in [2.05, 4.69) is 38.3 Å². The zero-order valence-corrected chi connectivity index (χ0v) is 35.2. The number of carboxylic acids is 1. The van der Waals surface area contributed by atoms with Crippen LogP contribution in [0.5, 0.6) is 0 Å². The van der Waals surface area contributed by atoms with Crippen molar-refractivity contribution in [1.82, 2.24) is 10.6 Å². The molecular weight excluding hydrogens is 742 g/mol. The third kappa shape index (κ3) is 7.32. The van der Waals surface area contributed by atoms with Gasteiger partial charge in [-0.05, 0) is 153 Å². The molecule has 1 aromatic carbocycles. The van der Waals surface area contributed by atoms with Gasteiger partial charge in [-0.3, -0.25) is 24.0 Å². The van der Waals surface area contributed by atoms with E-state index >= 15 is 0 Å². The minimum atomic E-state index is -2.31. The average molecular weight is 806 g/mol. The van der Waals surface area contributed by atoms with Crippen molar-refractivity contribution >= 4 is 41.0 Å². The number of carbonyl (C=O) groups excluding carboxylic acids is 4. The van der Waals surface area contributed by atoms with Gasteiger partial charge in [0.2, 0.25) is 5.72 Å². The van der Waals surface area contributed by atoms with E-state index in [1.807, 2.05) is 6.92 Å². The van der Waals surface area contributed by atoms with Crippen molar-refractivity contribution in [2.45, 2.75) is 117 Å². The fraction of sp³-hybridized carbons (Fsp3) is 0.717. The fourth-order valence-corrected chi connectivity index (χ4v) is 13.8. The Hall–Kier alpha value is -3.08. The molecule has 5 saturated carbocycles. The second kappa shape index (κ2) is 15.8. The molecule has 312 valence electrons. The van der Waals surface area contributed by atoms with Crippen molar-refractivity contribution in [3.05, 3.63) is 46.0 Å². The molecule has 11 heteroatoms. The van der Waals surface area contributed by atoms with E-state index in [4.69, 9.17) is 17.3 Å². The van der Waals surface area contributed by atoms with Gasteiger partial charge < -0.3 is 26.6 Å². The van der Waals surface area contributed by atoms with Crippen LogP contribution in [0.1, 0.15) is 122 Å². The molecule has 6 N–H and O–H groups in total. The Morgan fingerprint density at radius 2 is 1.65 bits per heavy atom. The highest BCUT2D eigenvalue weighted by atomic mass is 35.5. The standard InChI is InChI=1S/C46H64ClN3O7/c1-24(2)39-38(52)22-45(18-19-49-43(56)46(57,23-48)50-41(53)27-6-8-29(47)9-7-27)17-15-30-31-10-12-35-25(3)28(20-37(51)33-21-34(26(33)4)42(54)55)14-16-44(35,5)36(31)13-11-32(30)40(39)45/h6-9,24-26,28,30-36,57H,10-23,48H2,1-5H3,(H,49,56)(H,50,53)(H,54,55). The predicted molar refractivity (Wildman–Crippen MR) is 218 cm³/mol. The molecule has 6 aliphatic carbocycles. The number of benzene rings is 1. The number of rotatable bonds is 12. The van der Waals surface area contributed by atoms with Gasteiger partial charge in [-0.15, -0.1) is 0 Å². The van der Waals surface area contributed by atoms with Crippen molar-refractivity contribution in [2.75, 3.05) is 13.1 Å². The van der Waals surface area contributed by atoms with E-state index in [9.17, 15) is 34.2 Å². The SMILES string of the molecule is CC(C)C1=C2C3CCC4C(CCC5C(C)C(CC(=O)C6CC(C(=O)O)C6C)CCC54C)C3CCC2(CCNC(=O)C(O)(CN)NC(=O)c2ccc(Cl)cc2)CC1=O. The molecule has 0 spiro atoms. The first-order chi connectivity index (χ1) is 26.9. The van der Waals surface area contributed by atoms with E-state index in [1.54, 1.807) is 12.1 Å². The summed E-state index contributed by atoms with van der Waals surface area (Å²) in [6, 6.07) is 6.12. The Kier molecular flexibility index (Phi) is 11.7. The lowest BCUT2D eigenvalue weighted by atomic mass is 9.42. The van der Waals surface area contributed by atoms with Gasteiger partial charge >= 0.3 is 5.97 Å². The largest absolute Gasteiger partial charge is 0.481 e. The molecule has 0 saturated heterocycles. The highest BCUT2D eigenvalue weighted by Gasteiger charge is 2.61. The molecule has 57 heavy (non-hydrogen) atoms. The third-order valence-electron chi connectivity index (χ3n) is 16.8. The van der Waals surface area contributed by atoms with Gasteiger partial charge in [0, 0.05) is 41.3 Å². The average Bonchev–Trinajstić information content (AvgIpc) is 3.47. The number of halogens is 1.